The number of carbonyl (C=O) groups excluding carboxylic acids is 2. The van der Waals surface area contributed by atoms with Crippen LogP contribution in [0.5, 0.6) is 0 Å². The minimum Gasteiger partial charge on any atom is -0.352 e. The van der Waals surface area contributed by atoms with Gasteiger partial charge in [0.2, 0.25) is 5.91 Å². The number of anilines is 1. The largest absolute Gasteiger partial charge is 0.352 e. The highest BCUT2D eigenvalue weighted by atomic mass is 32.2. The molecule has 0 aliphatic carbocycles. The Balaban J connectivity index is 1.85. The molecule has 1 aromatic carbocycles. The molecule has 2 amide bonds. The van der Waals surface area contributed by atoms with Crippen molar-refractivity contribution in [1.29, 1.82) is 0 Å². The molecule has 2 N–H and O–H groups in total. The monoisotopic (exact) mass is 321 g/mol. The number of thioether (sulfide) groups is 1. The second-order valence-electron chi connectivity index (χ2n) is 5.18. The molecule has 0 saturated carbocycles. The lowest BCUT2D eigenvalue weighted by Gasteiger charge is -2.18. The predicted octanol–water partition coefficient (Wildman–Crippen LogP) is 2.19. The van der Waals surface area contributed by atoms with Gasteiger partial charge in [0.25, 0.3) is 5.91 Å². The van der Waals surface area contributed by atoms with E-state index in [2.05, 4.69) is 29.4 Å². The Bertz CT molecular complexity index is 544. The van der Waals surface area contributed by atoms with E-state index >= 15 is 0 Å². The maximum atomic E-state index is 12.2. The Kier molecular flexibility index (Phi) is 6.27. The van der Waals surface area contributed by atoms with Gasteiger partial charge in [-0.3, -0.25) is 9.59 Å². The van der Waals surface area contributed by atoms with Crippen molar-refractivity contribution in [2.75, 3.05) is 37.2 Å². The van der Waals surface area contributed by atoms with Crippen LogP contribution in [0.1, 0.15) is 30.6 Å². The van der Waals surface area contributed by atoms with Gasteiger partial charge in [0.1, 0.15) is 0 Å². The third-order valence-electron chi connectivity index (χ3n) is 3.71. The van der Waals surface area contributed by atoms with E-state index in [4.69, 9.17) is 0 Å². The van der Waals surface area contributed by atoms with E-state index in [1.165, 1.54) is 11.8 Å². The van der Waals surface area contributed by atoms with Gasteiger partial charge >= 0.3 is 0 Å². The Labute approximate surface area is 135 Å². The van der Waals surface area contributed by atoms with E-state index in [0.717, 1.165) is 36.6 Å². The van der Waals surface area contributed by atoms with E-state index in [1.54, 1.807) is 6.07 Å². The van der Waals surface area contributed by atoms with Crippen LogP contribution < -0.4 is 10.6 Å². The molecule has 120 valence electrons. The SMILES string of the molecule is CCN(CC)CCCNC(=O)c1ccc2c(c1)NC(=O)CS2. The highest BCUT2D eigenvalue weighted by molar-refractivity contribution is 8.00. The number of hydrogen-bond acceptors (Lipinski definition) is 4. The molecular weight excluding hydrogens is 298 g/mol. The number of rotatable bonds is 7. The van der Waals surface area contributed by atoms with Crippen molar-refractivity contribution in [3.63, 3.8) is 0 Å². The first-order chi connectivity index (χ1) is 10.6. The van der Waals surface area contributed by atoms with Gasteiger partial charge in [-0.15, -0.1) is 11.8 Å². The molecule has 0 spiro atoms. The highest BCUT2D eigenvalue weighted by Gasteiger charge is 2.17. The van der Waals surface area contributed by atoms with Gasteiger partial charge < -0.3 is 15.5 Å². The summed E-state index contributed by atoms with van der Waals surface area (Å²) in [6.45, 7) is 8.00. The lowest BCUT2D eigenvalue weighted by Crippen LogP contribution is -2.30. The topological polar surface area (TPSA) is 61.4 Å². The lowest BCUT2D eigenvalue weighted by molar-refractivity contribution is -0.113. The van der Waals surface area contributed by atoms with Gasteiger partial charge in [0, 0.05) is 17.0 Å². The maximum Gasteiger partial charge on any atom is 0.251 e. The zero-order chi connectivity index (χ0) is 15.9. The molecule has 0 unspecified atom stereocenters. The minimum atomic E-state index is -0.0906. The summed E-state index contributed by atoms with van der Waals surface area (Å²) in [5.41, 5.74) is 1.32. The summed E-state index contributed by atoms with van der Waals surface area (Å²) in [6, 6.07) is 5.45. The fourth-order valence-corrected chi connectivity index (χ4v) is 3.16. The van der Waals surface area contributed by atoms with Crippen LogP contribution in [0, 0.1) is 0 Å². The number of hydrogen-bond donors (Lipinski definition) is 2. The van der Waals surface area contributed by atoms with E-state index in [9.17, 15) is 9.59 Å². The molecule has 2 rings (SSSR count). The van der Waals surface area contributed by atoms with Crippen LogP contribution in [0.15, 0.2) is 23.1 Å². The second kappa shape index (κ2) is 8.19. The molecule has 1 aliphatic heterocycles. The zero-order valence-electron chi connectivity index (χ0n) is 13.1. The first kappa shape index (κ1) is 16.8. The second-order valence-corrected chi connectivity index (χ2v) is 6.20. The smallest absolute Gasteiger partial charge is 0.251 e. The van der Waals surface area contributed by atoms with Crippen molar-refractivity contribution < 1.29 is 9.59 Å². The van der Waals surface area contributed by atoms with Gasteiger partial charge in [0.05, 0.1) is 11.4 Å². The van der Waals surface area contributed by atoms with Crippen molar-refractivity contribution in [2.45, 2.75) is 25.2 Å². The first-order valence-electron chi connectivity index (χ1n) is 7.71. The molecular formula is C16H23N3O2S. The number of amides is 2. The third-order valence-corrected chi connectivity index (χ3v) is 4.78. The molecule has 22 heavy (non-hydrogen) atoms. The van der Waals surface area contributed by atoms with Gasteiger partial charge in [-0.1, -0.05) is 13.8 Å². The van der Waals surface area contributed by atoms with E-state index in [1.807, 2.05) is 12.1 Å². The van der Waals surface area contributed by atoms with Crippen molar-refractivity contribution in [2.24, 2.45) is 0 Å². The molecule has 0 fully saturated rings. The van der Waals surface area contributed by atoms with Crippen LogP contribution in [-0.4, -0.2) is 48.6 Å². The average Bonchev–Trinajstić information content (AvgIpc) is 2.54. The third kappa shape index (κ3) is 4.48. The molecule has 0 bridgehead atoms. The van der Waals surface area contributed by atoms with Crippen LogP contribution in [0.3, 0.4) is 0 Å². The standard InChI is InChI=1S/C16H23N3O2S/c1-3-19(4-2)9-5-8-17-16(21)12-6-7-14-13(10-12)18-15(20)11-22-14/h6-7,10H,3-5,8-9,11H2,1-2H3,(H,17,21)(H,18,20). The van der Waals surface area contributed by atoms with Gasteiger partial charge in [-0.25, -0.2) is 0 Å². The van der Waals surface area contributed by atoms with Gasteiger partial charge in [-0.2, -0.15) is 0 Å². The highest BCUT2D eigenvalue weighted by Crippen LogP contribution is 2.31. The summed E-state index contributed by atoms with van der Waals surface area (Å²) >= 11 is 1.50. The Morgan fingerprint density at radius 2 is 2.14 bits per heavy atom. The number of nitrogens with zero attached hydrogens (tertiary/aromatic N) is 1. The Hall–Kier alpha value is -1.53. The first-order valence-corrected chi connectivity index (χ1v) is 8.69. The fraction of sp³-hybridized carbons (Fsp3) is 0.500. The lowest BCUT2D eigenvalue weighted by atomic mass is 10.2. The quantitative estimate of drug-likeness (QED) is 0.756. The molecule has 1 aliphatic rings. The molecule has 0 aromatic heterocycles. The van der Waals surface area contributed by atoms with Crippen LogP contribution >= 0.6 is 11.8 Å². The summed E-state index contributed by atoms with van der Waals surface area (Å²) in [6.07, 6.45) is 0.935. The van der Waals surface area contributed by atoms with Crippen LogP contribution in [0.25, 0.3) is 0 Å². The normalized spacial score (nSPS) is 13.7. The summed E-state index contributed by atoms with van der Waals surface area (Å²) in [4.78, 5) is 26.9. The van der Waals surface area contributed by atoms with Crippen LogP contribution in [-0.2, 0) is 4.79 Å². The summed E-state index contributed by atoms with van der Waals surface area (Å²) < 4.78 is 0. The number of benzene rings is 1. The molecule has 0 saturated heterocycles. The molecule has 0 radical (unpaired) electrons. The minimum absolute atomic E-state index is 0.0192. The summed E-state index contributed by atoms with van der Waals surface area (Å²) in [5, 5.41) is 5.74. The zero-order valence-corrected chi connectivity index (χ0v) is 14.0. The van der Waals surface area contributed by atoms with E-state index in [-0.39, 0.29) is 11.8 Å². The van der Waals surface area contributed by atoms with Crippen molar-refractivity contribution in [3.05, 3.63) is 23.8 Å². The fourth-order valence-electron chi connectivity index (χ4n) is 2.37. The Morgan fingerprint density at radius 3 is 2.86 bits per heavy atom. The molecule has 6 heteroatoms. The average molecular weight is 321 g/mol. The molecule has 1 aromatic rings. The molecule has 1 heterocycles. The summed E-state index contributed by atoms with van der Waals surface area (Å²) in [5.74, 6) is 0.325. The predicted molar refractivity (Wildman–Crippen MR) is 90.5 cm³/mol. The van der Waals surface area contributed by atoms with Crippen LogP contribution in [0.4, 0.5) is 5.69 Å². The van der Waals surface area contributed by atoms with Crippen molar-refractivity contribution >= 4 is 29.3 Å². The number of nitrogens with one attached hydrogen (secondary N) is 2. The van der Waals surface area contributed by atoms with E-state index in [0.29, 0.717) is 17.9 Å². The van der Waals surface area contributed by atoms with E-state index < -0.39 is 0 Å². The Morgan fingerprint density at radius 1 is 1.36 bits per heavy atom. The van der Waals surface area contributed by atoms with Crippen LogP contribution in [0.2, 0.25) is 0 Å². The van der Waals surface area contributed by atoms with Gasteiger partial charge in [-0.05, 0) is 44.3 Å². The maximum absolute atomic E-state index is 12.2. The molecule has 5 nitrogen and oxygen atoms in total. The van der Waals surface area contributed by atoms with Crippen molar-refractivity contribution in [3.8, 4) is 0 Å². The number of carbonyl (C=O) groups is 2. The summed E-state index contributed by atoms with van der Waals surface area (Å²) in [7, 11) is 0. The van der Waals surface area contributed by atoms with Crippen molar-refractivity contribution in [1.82, 2.24) is 10.2 Å². The number of fused-ring (bicyclic) bond motifs is 1. The molecule has 0 atom stereocenters. The van der Waals surface area contributed by atoms with Gasteiger partial charge in [0.15, 0.2) is 0 Å².